The van der Waals surface area contributed by atoms with Gasteiger partial charge in [0.25, 0.3) is 0 Å². The Morgan fingerprint density at radius 3 is 2.65 bits per heavy atom. The topological polar surface area (TPSA) is 21.3 Å². The molecule has 3 heteroatoms. The fourth-order valence-corrected chi connectivity index (χ4v) is 3.22. The second-order valence-electron chi connectivity index (χ2n) is 5.93. The first kappa shape index (κ1) is 15.3. The van der Waals surface area contributed by atoms with Crippen molar-refractivity contribution in [2.45, 2.75) is 58.4 Å². The summed E-state index contributed by atoms with van der Waals surface area (Å²) in [7, 11) is 1.63. The molecule has 112 valence electrons. The van der Waals surface area contributed by atoms with Crippen LogP contribution in [0.15, 0.2) is 6.07 Å². The predicted molar refractivity (Wildman–Crippen MR) is 81.1 cm³/mol. The van der Waals surface area contributed by atoms with E-state index in [1.165, 1.54) is 0 Å². The molecule has 0 fully saturated rings. The molecule has 2 rings (SSSR count). The van der Waals surface area contributed by atoms with E-state index >= 15 is 0 Å². The first-order valence-corrected chi connectivity index (χ1v) is 7.70. The normalized spacial score (nSPS) is 18.8. The van der Waals surface area contributed by atoms with Gasteiger partial charge in [-0.2, -0.15) is 0 Å². The number of rotatable bonds is 4. The van der Waals surface area contributed by atoms with Gasteiger partial charge in [0.1, 0.15) is 11.6 Å². The van der Waals surface area contributed by atoms with Gasteiger partial charge >= 0.3 is 0 Å². The van der Waals surface area contributed by atoms with Crippen molar-refractivity contribution in [1.29, 1.82) is 0 Å². The lowest BCUT2D eigenvalue weighted by atomic mass is 9.93. The third-order valence-electron chi connectivity index (χ3n) is 4.25. The summed E-state index contributed by atoms with van der Waals surface area (Å²) in [6.07, 6.45) is 3.84. The zero-order valence-electron chi connectivity index (χ0n) is 13.1. The molecule has 1 aliphatic carbocycles. The lowest BCUT2D eigenvalue weighted by Crippen LogP contribution is -2.28. The smallest absolute Gasteiger partial charge is 0.133 e. The monoisotopic (exact) mass is 279 g/mol. The summed E-state index contributed by atoms with van der Waals surface area (Å²) in [5.41, 5.74) is 2.77. The summed E-state index contributed by atoms with van der Waals surface area (Å²) < 4.78 is 20.3. The number of ether oxygens (including phenoxy) is 1. The SMILES string of the molecule is CCN[C@@H]1CCc2cc(OC)c(C(C)C)c(F)c2CC1. The lowest BCUT2D eigenvalue weighted by Gasteiger charge is -2.18. The maximum atomic E-state index is 14.8. The molecule has 0 bridgehead atoms. The predicted octanol–water partition coefficient (Wildman–Crippen LogP) is 3.81. The molecule has 0 spiro atoms. The highest BCUT2D eigenvalue weighted by Gasteiger charge is 2.24. The molecule has 2 nitrogen and oxygen atoms in total. The van der Waals surface area contributed by atoms with Gasteiger partial charge in [-0.05, 0) is 55.3 Å². The first-order valence-electron chi connectivity index (χ1n) is 7.70. The average molecular weight is 279 g/mol. The number of hydrogen-bond acceptors (Lipinski definition) is 2. The van der Waals surface area contributed by atoms with Gasteiger partial charge in [0, 0.05) is 11.6 Å². The molecule has 0 saturated heterocycles. The number of hydrogen-bond donors (Lipinski definition) is 1. The molecule has 1 aromatic carbocycles. The van der Waals surface area contributed by atoms with Gasteiger partial charge in [-0.3, -0.25) is 0 Å². The summed E-state index contributed by atoms with van der Waals surface area (Å²) in [6, 6.07) is 2.56. The van der Waals surface area contributed by atoms with Crippen molar-refractivity contribution in [1.82, 2.24) is 5.32 Å². The van der Waals surface area contributed by atoms with Gasteiger partial charge in [0.15, 0.2) is 0 Å². The second kappa shape index (κ2) is 6.57. The zero-order chi connectivity index (χ0) is 14.7. The maximum Gasteiger partial charge on any atom is 0.133 e. The Balaban J connectivity index is 2.38. The van der Waals surface area contributed by atoms with E-state index in [1.807, 2.05) is 13.8 Å². The molecular formula is C17H26FNO. The number of halogens is 1. The molecule has 0 heterocycles. The van der Waals surface area contributed by atoms with Crippen molar-refractivity contribution in [2.75, 3.05) is 13.7 Å². The van der Waals surface area contributed by atoms with Crippen LogP contribution in [0.3, 0.4) is 0 Å². The molecule has 0 radical (unpaired) electrons. The van der Waals surface area contributed by atoms with Crippen LogP contribution < -0.4 is 10.1 Å². The molecule has 0 saturated carbocycles. The number of aryl methyl sites for hydroxylation is 1. The van der Waals surface area contributed by atoms with Crippen molar-refractivity contribution in [2.24, 2.45) is 0 Å². The number of nitrogens with one attached hydrogen (secondary N) is 1. The highest BCUT2D eigenvalue weighted by atomic mass is 19.1. The van der Waals surface area contributed by atoms with Crippen molar-refractivity contribution < 1.29 is 9.13 Å². The molecule has 1 aliphatic rings. The van der Waals surface area contributed by atoms with Gasteiger partial charge in [-0.1, -0.05) is 20.8 Å². The molecule has 20 heavy (non-hydrogen) atoms. The fourth-order valence-electron chi connectivity index (χ4n) is 3.22. The van der Waals surface area contributed by atoms with Crippen LogP contribution in [-0.4, -0.2) is 19.7 Å². The number of fused-ring (bicyclic) bond motifs is 1. The maximum absolute atomic E-state index is 14.8. The van der Waals surface area contributed by atoms with E-state index in [9.17, 15) is 4.39 Å². The number of benzene rings is 1. The summed E-state index contributed by atoms with van der Waals surface area (Å²) >= 11 is 0. The van der Waals surface area contributed by atoms with Crippen LogP contribution in [0.5, 0.6) is 5.75 Å². The quantitative estimate of drug-likeness (QED) is 0.846. The van der Waals surface area contributed by atoms with E-state index in [-0.39, 0.29) is 11.7 Å². The van der Waals surface area contributed by atoms with Crippen LogP contribution in [0.25, 0.3) is 0 Å². The molecule has 0 aliphatic heterocycles. The molecular weight excluding hydrogens is 253 g/mol. The van der Waals surface area contributed by atoms with E-state index in [0.717, 1.165) is 48.9 Å². The number of methoxy groups -OCH3 is 1. The molecule has 1 aromatic rings. The molecule has 0 unspecified atom stereocenters. The third kappa shape index (κ3) is 2.98. The van der Waals surface area contributed by atoms with Crippen LogP contribution >= 0.6 is 0 Å². The van der Waals surface area contributed by atoms with E-state index in [0.29, 0.717) is 11.8 Å². The van der Waals surface area contributed by atoms with Crippen molar-refractivity contribution >= 4 is 0 Å². The molecule has 1 atom stereocenters. The van der Waals surface area contributed by atoms with E-state index in [1.54, 1.807) is 7.11 Å². The Morgan fingerprint density at radius 1 is 1.35 bits per heavy atom. The van der Waals surface area contributed by atoms with Crippen LogP contribution in [0.2, 0.25) is 0 Å². The first-order chi connectivity index (χ1) is 9.58. The minimum Gasteiger partial charge on any atom is -0.496 e. The van der Waals surface area contributed by atoms with Crippen LogP contribution in [0, 0.1) is 5.82 Å². The molecule has 1 N–H and O–H groups in total. The highest BCUT2D eigenvalue weighted by Crippen LogP contribution is 2.36. The van der Waals surface area contributed by atoms with Crippen LogP contribution in [0.1, 0.15) is 56.2 Å². The third-order valence-corrected chi connectivity index (χ3v) is 4.25. The van der Waals surface area contributed by atoms with Crippen LogP contribution in [0.4, 0.5) is 4.39 Å². The van der Waals surface area contributed by atoms with E-state index in [2.05, 4.69) is 18.3 Å². The van der Waals surface area contributed by atoms with Gasteiger partial charge in [-0.15, -0.1) is 0 Å². The summed E-state index contributed by atoms with van der Waals surface area (Å²) in [5.74, 6) is 0.813. The average Bonchev–Trinajstić information content (AvgIpc) is 2.61. The second-order valence-corrected chi connectivity index (χ2v) is 5.93. The van der Waals surface area contributed by atoms with Crippen molar-refractivity contribution in [3.8, 4) is 5.75 Å². The lowest BCUT2D eigenvalue weighted by molar-refractivity contribution is 0.400. The molecule has 0 amide bonds. The van der Waals surface area contributed by atoms with Crippen molar-refractivity contribution in [3.05, 3.63) is 28.6 Å². The Hall–Kier alpha value is -1.09. The highest BCUT2D eigenvalue weighted by molar-refractivity contribution is 5.46. The minimum absolute atomic E-state index is 0.0356. The Kier molecular flexibility index (Phi) is 5.03. The largest absolute Gasteiger partial charge is 0.496 e. The minimum atomic E-state index is -0.0356. The standard InChI is InChI=1S/C17H26FNO/c1-5-19-13-7-6-12-10-15(20-4)16(11(2)3)17(18)14(12)9-8-13/h10-11,13,19H,5-9H2,1-4H3/t13-/m1/s1. The van der Waals surface area contributed by atoms with E-state index < -0.39 is 0 Å². The zero-order valence-corrected chi connectivity index (χ0v) is 13.1. The fraction of sp³-hybridized carbons (Fsp3) is 0.647. The van der Waals surface area contributed by atoms with Crippen LogP contribution in [-0.2, 0) is 12.8 Å². The van der Waals surface area contributed by atoms with Gasteiger partial charge in [0.2, 0.25) is 0 Å². The van der Waals surface area contributed by atoms with Crippen molar-refractivity contribution in [3.63, 3.8) is 0 Å². The Labute approximate surface area is 121 Å². The van der Waals surface area contributed by atoms with Gasteiger partial charge in [-0.25, -0.2) is 4.39 Å². The van der Waals surface area contributed by atoms with Gasteiger partial charge < -0.3 is 10.1 Å². The summed E-state index contributed by atoms with van der Waals surface area (Å²) in [4.78, 5) is 0. The van der Waals surface area contributed by atoms with Gasteiger partial charge in [0.05, 0.1) is 7.11 Å². The Morgan fingerprint density at radius 2 is 2.05 bits per heavy atom. The Bertz CT molecular complexity index is 471. The summed E-state index contributed by atoms with van der Waals surface area (Å²) in [5, 5.41) is 3.49. The molecule has 0 aromatic heterocycles. The van der Waals surface area contributed by atoms with E-state index in [4.69, 9.17) is 4.74 Å². The summed E-state index contributed by atoms with van der Waals surface area (Å²) in [6.45, 7) is 7.14.